The molecule has 0 aromatic heterocycles. The summed E-state index contributed by atoms with van der Waals surface area (Å²) in [6, 6.07) is 5.98. The van der Waals surface area contributed by atoms with Gasteiger partial charge >= 0.3 is 0 Å². The molecule has 0 amide bonds. The average molecular weight is 258 g/mol. The van der Waals surface area contributed by atoms with Crippen LogP contribution in [0.4, 0.5) is 0 Å². The van der Waals surface area contributed by atoms with Crippen LogP contribution in [0, 0.1) is 5.41 Å². The lowest BCUT2D eigenvalue weighted by molar-refractivity contribution is 0.151. The first-order valence-electron chi connectivity index (χ1n) is 5.80. The molecule has 1 aromatic carbocycles. The Morgan fingerprint density at radius 1 is 1.25 bits per heavy atom. The van der Waals surface area contributed by atoms with Gasteiger partial charge in [0.15, 0.2) is 0 Å². The zero-order valence-corrected chi connectivity index (χ0v) is 11.0. The summed E-state index contributed by atoms with van der Waals surface area (Å²) in [5.74, 6) is 0. The third-order valence-corrected chi connectivity index (χ3v) is 4.08. The van der Waals surface area contributed by atoms with E-state index in [-0.39, 0.29) is 0 Å². The van der Waals surface area contributed by atoms with E-state index in [1.54, 1.807) is 0 Å². The van der Waals surface area contributed by atoms with Crippen LogP contribution < -0.4 is 5.32 Å². The molecule has 1 saturated heterocycles. The van der Waals surface area contributed by atoms with Gasteiger partial charge in [0.1, 0.15) is 0 Å². The van der Waals surface area contributed by atoms with Crippen molar-refractivity contribution in [3.05, 3.63) is 33.8 Å². The number of hydrogen-bond acceptors (Lipinski definition) is 1. The fraction of sp³-hybridized carbons (Fsp3) is 0.538. The molecule has 0 unspecified atom stereocenters. The molecule has 1 heterocycles. The van der Waals surface area contributed by atoms with Crippen molar-refractivity contribution in [3.63, 3.8) is 0 Å². The third-order valence-electron chi connectivity index (χ3n) is 3.34. The molecule has 16 heavy (non-hydrogen) atoms. The second-order valence-corrected chi connectivity index (χ2v) is 5.59. The van der Waals surface area contributed by atoms with Gasteiger partial charge in [0, 0.05) is 13.1 Å². The van der Waals surface area contributed by atoms with Crippen LogP contribution in [0.2, 0.25) is 10.0 Å². The Kier molecular flexibility index (Phi) is 3.78. The molecule has 0 radical (unpaired) electrons. The summed E-state index contributed by atoms with van der Waals surface area (Å²) in [7, 11) is 0. The molecule has 0 atom stereocenters. The lowest BCUT2D eigenvalue weighted by atomic mass is 9.73. The van der Waals surface area contributed by atoms with Crippen molar-refractivity contribution in [2.24, 2.45) is 5.41 Å². The smallest absolute Gasteiger partial charge is 0.0595 e. The summed E-state index contributed by atoms with van der Waals surface area (Å²) in [5.41, 5.74) is 1.75. The Balaban J connectivity index is 2.10. The quantitative estimate of drug-likeness (QED) is 0.862. The van der Waals surface area contributed by atoms with Crippen LogP contribution in [0.25, 0.3) is 0 Å². The maximum Gasteiger partial charge on any atom is 0.0595 e. The monoisotopic (exact) mass is 257 g/mol. The SMILES string of the molecule is CCCC1(Cc2ccc(Cl)c(Cl)c2)CNC1. The molecule has 1 aliphatic rings. The Hall–Kier alpha value is -0.240. The van der Waals surface area contributed by atoms with E-state index in [0.29, 0.717) is 15.5 Å². The van der Waals surface area contributed by atoms with Crippen LogP contribution in [-0.2, 0) is 6.42 Å². The van der Waals surface area contributed by atoms with Gasteiger partial charge in [-0.15, -0.1) is 0 Å². The minimum absolute atomic E-state index is 0.450. The van der Waals surface area contributed by atoms with Gasteiger partial charge in [0.25, 0.3) is 0 Å². The first kappa shape index (κ1) is 12.2. The summed E-state index contributed by atoms with van der Waals surface area (Å²) >= 11 is 11.9. The molecule has 0 saturated carbocycles. The molecule has 1 fully saturated rings. The van der Waals surface area contributed by atoms with Crippen LogP contribution in [0.15, 0.2) is 18.2 Å². The maximum absolute atomic E-state index is 6.03. The fourth-order valence-electron chi connectivity index (χ4n) is 2.48. The molecule has 0 spiro atoms. The number of halogens is 2. The fourth-order valence-corrected chi connectivity index (χ4v) is 2.80. The molecule has 0 aliphatic carbocycles. The predicted molar refractivity (Wildman–Crippen MR) is 70.4 cm³/mol. The Labute approximate surface area is 107 Å². The van der Waals surface area contributed by atoms with Crippen molar-refractivity contribution in [2.45, 2.75) is 26.2 Å². The summed E-state index contributed by atoms with van der Waals surface area (Å²) in [4.78, 5) is 0. The van der Waals surface area contributed by atoms with Crippen LogP contribution in [0.1, 0.15) is 25.3 Å². The van der Waals surface area contributed by atoms with Crippen molar-refractivity contribution in [2.75, 3.05) is 13.1 Å². The molecule has 2 rings (SSSR count). The van der Waals surface area contributed by atoms with E-state index >= 15 is 0 Å². The van der Waals surface area contributed by atoms with E-state index in [1.807, 2.05) is 12.1 Å². The van der Waals surface area contributed by atoms with E-state index in [9.17, 15) is 0 Å². The largest absolute Gasteiger partial charge is 0.316 e. The summed E-state index contributed by atoms with van der Waals surface area (Å²) in [6.07, 6.45) is 3.62. The van der Waals surface area contributed by atoms with Crippen molar-refractivity contribution >= 4 is 23.2 Å². The Morgan fingerprint density at radius 3 is 2.50 bits per heavy atom. The molecule has 3 heteroatoms. The normalized spacial score (nSPS) is 18.2. The minimum Gasteiger partial charge on any atom is -0.316 e. The molecule has 1 N–H and O–H groups in total. The Bertz CT molecular complexity index is 372. The lowest BCUT2D eigenvalue weighted by Gasteiger charge is -2.43. The van der Waals surface area contributed by atoms with Crippen LogP contribution >= 0.6 is 23.2 Å². The van der Waals surface area contributed by atoms with Crippen molar-refractivity contribution in [1.29, 1.82) is 0 Å². The van der Waals surface area contributed by atoms with E-state index in [0.717, 1.165) is 19.5 Å². The third kappa shape index (κ3) is 2.53. The molecular weight excluding hydrogens is 241 g/mol. The predicted octanol–water partition coefficient (Wildman–Crippen LogP) is 3.93. The van der Waals surface area contributed by atoms with Crippen molar-refractivity contribution < 1.29 is 0 Å². The molecule has 0 bridgehead atoms. The topological polar surface area (TPSA) is 12.0 Å². The van der Waals surface area contributed by atoms with Gasteiger partial charge in [0.05, 0.1) is 10.0 Å². The summed E-state index contributed by atoms with van der Waals surface area (Å²) in [6.45, 7) is 4.50. The molecular formula is C13H17Cl2N. The van der Waals surface area contributed by atoms with Gasteiger partial charge in [-0.2, -0.15) is 0 Å². The molecule has 88 valence electrons. The first-order valence-corrected chi connectivity index (χ1v) is 6.55. The summed E-state index contributed by atoms with van der Waals surface area (Å²) < 4.78 is 0. The van der Waals surface area contributed by atoms with Crippen LogP contribution in [-0.4, -0.2) is 13.1 Å². The molecule has 1 aromatic rings. The summed E-state index contributed by atoms with van der Waals surface area (Å²) in [5, 5.41) is 4.68. The number of nitrogens with one attached hydrogen (secondary N) is 1. The number of hydrogen-bond donors (Lipinski definition) is 1. The van der Waals surface area contributed by atoms with Crippen LogP contribution in [0.3, 0.4) is 0 Å². The first-order chi connectivity index (χ1) is 7.65. The highest BCUT2D eigenvalue weighted by Crippen LogP contribution is 2.34. The molecule has 1 aliphatic heterocycles. The highest BCUT2D eigenvalue weighted by atomic mass is 35.5. The van der Waals surface area contributed by atoms with Gasteiger partial charge in [-0.1, -0.05) is 42.6 Å². The highest BCUT2D eigenvalue weighted by Gasteiger charge is 2.35. The minimum atomic E-state index is 0.450. The van der Waals surface area contributed by atoms with Gasteiger partial charge in [0.2, 0.25) is 0 Å². The van der Waals surface area contributed by atoms with Gasteiger partial charge < -0.3 is 5.32 Å². The van der Waals surface area contributed by atoms with E-state index in [1.165, 1.54) is 18.4 Å². The second kappa shape index (κ2) is 4.95. The van der Waals surface area contributed by atoms with Crippen LogP contribution in [0.5, 0.6) is 0 Å². The molecule has 1 nitrogen and oxygen atoms in total. The Morgan fingerprint density at radius 2 is 2.00 bits per heavy atom. The number of benzene rings is 1. The van der Waals surface area contributed by atoms with E-state index in [4.69, 9.17) is 23.2 Å². The van der Waals surface area contributed by atoms with Crippen molar-refractivity contribution in [3.8, 4) is 0 Å². The van der Waals surface area contributed by atoms with Gasteiger partial charge in [-0.25, -0.2) is 0 Å². The standard InChI is InChI=1S/C13H17Cl2N/c1-2-5-13(8-16-9-13)7-10-3-4-11(14)12(15)6-10/h3-4,6,16H,2,5,7-9H2,1H3. The number of rotatable bonds is 4. The van der Waals surface area contributed by atoms with E-state index in [2.05, 4.69) is 18.3 Å². The maximum atomic E-state index is 6.03. The highest BCUT2D eigenvalue weighted by molar-refractivity contribution is 6.42. The van der Waals surface area contributed by atoms with Gasteiger partial charge in [-0.3, -0.25) is 0 Å². The van der Waals surface area contributed by atoms with E-state index < -0.39 is 0 Å². The zero-order valence-electron chi connectivity index (χ0n) is 9.52. The van der Waals surface area contributed by atoms with Crippen molar-refractivity contribution in [1.82, 2.24) is 5.32 Å². The average Bonchev–Trinajstić information content (AvgIpc) is 2.20. The second-order valence-electron chi connectivity index (χ2n) is 4.78. The van der Waals surface area contributed by atoms with Gasteiger partial charge in [-0.05, 0) is 36.0 Å². The lowest BCUT2D eigenvalue weighted by Crippen LogP contribution is -2.54. The zero-order chi connectivity index (χ0) is 11.6.